The molecule has 176 valence electrons. The number of halogens is 1. The predicted octanol–water partition coefficient (Wildman–Crippen LogP) is 5.40. The minimum Gasteiger partial charge on any atom is -0.492 e. The van der Waals surface area contributed by atoms with Crippen molar-refractivity contribution in [1.82, 2.24) is 4.90 Å². The number of carbonyl (C=O) groups excluding carboxylic acids is 1. The van der Waals surface area contributed by atoms with Crippen LogP contribution in [0.1, 0.15) is 17.3 Å². The molecule has 1 amide bonds. The second-order valence-corrected chi connectivity index (χ2v) is 8.11. The average molecular weight is 482 g/mol. The average Bonchev–Trinajstić information content (AvgIpc) is 2.86. The molecule has 0 bridgehead atoms. The third kappa shape index (κ3) is 5.23. The number of carbonyl (C=O) groups is 1. The molecule has 0 spiro atoms. The van der Waals surface area contributed by atoms with Crippen LogP contribution in [-0.4, -0.2) is 48.5 Å². The van der Waals surface area contributed by atoms with Gasteiger partial charge in [-0.3, -0.25) is 14.9 Å². The smallest absolute Gasteiger partial charge is 0.313 e. The Hall–Kier alpha value is -3.78. The van der Waals surface area contributed by atoms with Crippen molar-refractivity contribution >= 4 is 28.9 Å². The maximum atomic E-state index is 13.0. The Morgan fingerprint density at radius 1 is 1.00 bits per heavy atom. The first-order chi connectivity index (χ1) is 16.5. The molecule has 1 saturated heterocycles. The van der Waals surface area contributed by atoms with E-state index >= 15 is 0 Å². The van der Waals surface area contributed by atoms with E-state index < -0.39 is 4.92 Å². The summed E-state index contributed by atoms with van der Waals surface area (Å²) < 4.78 is 11.4. The van der Waals surface area contributed by atoms with E-state index in [0.717, 1.165) is 11.4 Å². The standard InChI is InChI=1S/C25H24ClN3O5/c1-2-33-23-6-4-3-5-21(23)27-13-15-28(16-14-27)25(30)18-7-10-20(11-8-18)34-24-12-9-19(26)17-22(24)29(31)32/h3-12,17H,2,13-16H2,1H3. The van der Waals surface area contributed by atoms with Gasteiger partial charge in [0.05, 0.1) is 17.2 Å². The van der Waals surface area contributed by atoms with Crippen LogP contribution in [0.15, 0.2) is 66.7 Å². The minimum absolute atomic E-state index is 0.0678. The number of nitrogens with zero attached hydrogens (tertiary/aromatic N) is 3. The molecule has 0 saturated carbocycles. The Morgan fingerprint density at radius 3 is 2.38 bits per heavy atom. The SMILES string of the molecule is CCOc1ccccc1N1CCN(C(=O)c2ccc(Oc3ccc(Cl)cc3[N+](=O)[O-])cc2)CC1. The Bertz CT molecular complexity index is 1180. The molecule has 1 heterocycles. The molecule has 0 atom stereocenters. The number of rotatable bonds is 7. The van der Waals surface area contributed by atoms with Gasteiger partial charge in [0.15, 0.2) is 0 Å². The number of nitro benzene ring substituents is 1. The molecule has 0 unspecified atom stereocenters. The molecule has 0 radical (unpaired) electrons. The summed E-state index contributed by atoms with van der Waals surface area (Å²) in [5.74, 6) is 1.25. The summed E-state index contributed by atoms with van der Waals surface area (Å²) in [6, 6.07) is 18.7. The number of hydrogen-bond acceptors (Lipinski definition) is 6. The number of anilines is 1. The molecule has 1 aliphatic heterocycles. The second-order valence-electron chi connectivity index (χ2n) is 7.68. The molecule has 1 fully saturated rings. The van der Waals surface area contributed by atoms with Gasteiger partial charge in [-0.15, -0.1) is 0 Å². The summed E-state index contributed by atoms with van der Waals surface area (Å²) in [6.45, 7) is 5.15. The van der Waals surface area contributed by atoms with E-state index in [1.807, 2.05) is 36.1 Å². The first-order valence-electron chi connectivity index (χ1n) is 10.9. The zero-order chi connectivity index (χ0) is 24.1. The Labute approximate surface area is 202 Å². The quantitative estimate of drug-likeness (QED) is 0.331. The lowest BCUT2D eigenvalue weighted by Crippen LogP contribution is -2.48. The van der Waals surface area contributed by atoms with E-state index in [-0.39, 0.29) is 22.4 Å². The van der Waals surface area contributed by atoms with Crippen molar-refractivity contribution in [2.45, 2.75) is 6.92 Å². The normalized spacial score (nSPS) is 13.5. The number of benzene rings is 3. The number of ether oxygens (including phenoxy) is 2. The molecule has 0 aliphatic carbocycles. The number of piperazine rings is 1. The van der Waals surface area contributed by atoms with Crippen LogP contribution in [0.5, 0.6) is 17.2 Å². The molecule has 34 heavy (non-hydrogen) atoms. The monoisotopic (exact) mass is 481 g/mol. The zero-order valence-electron chi connectivity index (χ0n) is 18.6. The first kappa shape index (κ1) is 23.4. The van der Waals surface area contributed by atoms with Crippen LogP contribution in [0.4, 0.5) is 11.4 Å². The Morgan fingerprint density at radius 2 is 1.71 bits per heavy atom. The molecule has 0 N–H and O–H groups in total. The van der Waals surface area contributed by atoms with Crippen molar-refractivity contribution in [3.8, 4) is 17.2 Å². The number of para-hydroxylation sites is 2. The van der Waals surface area contributed by atoms with E-state index in [9.17, 15) is 14.9 Å². The lowest BCUT2D eigenvalue weighted by molar-refractivity contribution is -0.385. The van der Waals surface area contributed by atoms with Crippen molar-refractivity contribution in [1.29, 1.82) is 0 Å². The van der Waals surface area contributed by atoms with Crippen molar-refractivity contribution in [2.24, 2.45) is 0 Å². The predicted molar refractivity (Wildman–Crippen MR) is 130 cm³/mol. The van der Waals surface area contributed by atoms with Gasteiger partial charge in [-0.25, -0.2) is 0 Å². The Kier molecular flexibility index (Phi) is 7.18. The van der Waals surface area contributed by atoms with Gasteiger partial charge in [0.2, 0.25) is 5.75 Å². The largest absolute Gasteiger partial charge is 0.492 e. The van der Waals surface area contributed by atoms with Crippen LogP contribution in [-0.2, 0) is 0 Å². The van der Waals surface area contributed by atoms with Gasteiger partial charge in [-0.2, -0.15) is 0 Å². The fourth-order valence-corrected chi connectivity index (χ4v) is 4.01. The molecule has 3 aromatic carbocycles. The Balaban J connectivity index is 1.39. The number of amides is 1. The lowest BCUT2D eigenvalue weighted by Gasteiger charge is -2.36. The van der Waals surface area contributed by atoms with Gasteiger partial charge in [0, 0.05) is 42.8 Å². The highest BCUT2D eigenvalue weighted by molar-refractivity contribution is 6.30. The van der Waals surface area contributed by atoms with Crippen LogP contribution in [0.25, 0.3) is 0 Å². The van der Waals surface area contributed by atoms with Crippen molar-refractivity contribution < 1.29 is 19.2 Å². The highest BCUT2D eigenvalue weighted by Gasteiger charge is 2.24. The highest BCUT2D eigenvalue weighted by atomic mass is 35.5. The molecule has 4 rings (SSSR count). The third-order valence-electron chi connectivity index (χ3n) is 5.52. The molecule has 9 heteroatoms. The molecular weight excluding hydrogens is 458 g/mol. The third-order valence-corrected chi connectivity index (χ3v) is 5.75. The van der Waals surface area contributed by atoms with Crippen LogP contribution in [0.2, 0.25) is 5.02 Å². The summed E-state index contributed by atoms with van der Waals surface area (Å²) in [7, 11) is 0. The van der Waals surface area contributed by atoms with E-state index in [4.69, 9.17) is 21.1 Å². The van der Waals surface area contributed by atoms with Gasteiger partial charge in [-0.05, 0) is 55.5 Å². The summed E-state index contributed by atoms with van der Waals surface area (Å²) in [5, 5.41) is 11.5. The zero-order valence-corrected chi connectivity index (χ0v) is 19.4. The molecule has 0 aromatic heterocycles. The second kappa shape index (κ2) is 10.4. The summed E-state index contributed by atoms with van der Waals surface area (Å²) in [6.07, 6.45) is 0. The fraction of sp³-hybridized carbons (Fsp3) is 0.240. The molecule has 3 aromatic rings. The van der Waals surface area contributed by atoms with E-state index in [1.165, 1.54) is 18.2 Å². The lowest BCUT2D eigenvalue weighted by atomic mass is 10.1. The minimum atomic E-state index is -0.550. The fourth-order valence-electron chi connectivity index (χ4n) is 3.84. The van der Waals surface area contributed by atoms with E-state index in [0.29, 0.717) is 44.1 Å². The number of hydrogen-bond donors (Lipinski definition) is 0. The summed E-state index contributed by atoms with van der Waals surface area (Å²) >= 11 is 5.85. The van der Waals surface area contributed by atoms with E-state index in [2.05, 4.69) is 4.90 Å². The van der Waals surface area contributed by atoms with Crippen LogP contribution in [0.3, 0.4) is 0 Å². The van der Waals surface area contributed by atoms with Gasteiger partial charge < -0.3 is 19.3 Å². The first-order valence-corrected chi connectivity index (χ1v) is 11.3. The van der Waals surface area contributed by atoms with Gasteiger partial charge in [-0.1, -0.05) is 23.7 Å². The van der Waals surface area contributed by atoms with Gasteiger partial charge in [0.1, 0.15) is 11.5 Å². The maximum Gasteiger partial charge on any atom is 0.313 e. The summed E-state index contributed by atoms with van der Waals surface area (Å²) in [5.41, 5.74) is 1.34. The maximum absolute atomic E-state index is 13.0. The molecular formula is C25H24ClN3O5. The van der Waals surface area contributed by atoms with Crippen molar-refractivity contribution in [3.05, 3.63) is 87.4 Å². The van der Waals surface area contributed by atoms with Crippen molar-refractivity contribution in [3.63, 3.8) is 0 Å². The summed E-state index contributed by atoms with van der Waals surface area (Å²) in [4.78, 5) is 27.8. The topological polar surface area (TPSA) is 85.2 Å². The molecule has 8 nitrogen and oxygen atoms in total. The van der Waals surface area contributed by atoms with Gasteiger partial charge in [0.25, 0.3) is 5.91 Å². The van der Waals surface area contributed by atoms with Crippen molar-refractivity contribution in [2.75, 3.05) is 37.7 Å². The van der Waals surface area contributed by atoms with Crippen LogP contribution < -0.4 is 14.4 Å². The van der Waals surface area contributed by atoms with E-state index in [1.54, 1.807) is 24.3 Å². The van der Waals surface area contributed by atoms with Crippen LogP contribution >= 0.6 is 11.6 Å². The van der Waals surface area contributed by atoms with Gasteiger partial charge >= 0.3 is 5.69 Å². The number of nitro groups is 1. The molecule has 1 aliphatic rings. The van der Waals surface area contributed by atoms with Crippen LogP contribution in [0, 0.1) is 10.1 Å². The highest BCUT2D eigenvalue weighted by Crippen LogP contribution is 2.34.